The number of hydrogen-bond donors (Lipinski definition) is 2. The third-order valence-corrected chi connectivity index (χ3v) is 6.72. The maximum Gasteiger partial charge on any atom is 0.348 e. The summed E-state index contributed by atoms with van der Waals surface area (Å²) in [5.41, 5.74) is 1.48. The van der Waals surface area contributed by atoms with Crippen LogP contribution in [0.25, 0.3) is 0 Å². The molecule has 0 spiro atoms. The van der Waals surface area contributed by atoms with Crippen LogP contribution in [0.3, 0.4) is 0 Å². The summed E-state index contributed by atoms with van der Waals surface area (Å²) in [7, 11) is 0. The van der Waals surface area contributed by atoms with Gasteiger partial charge < -0.3 is 15.0 Å². The van der Waals surface area contributed by atoms with Crippen LogP contribution < -0.4 is 15.7 Å². The molecule has 6 nitrogen and oxygen atoms in total. The predicted molar refractivity (Wildman–Crippen MR) is 91.4 cm³/mol. The molecule has 4 saturated carbocycles. The van der Waals surface area contributed by atoms with Crippen molar-refractivity contribution in [2.45, 2.75) is 63.3 Å². The number of ether oxygens (including phenoxy) is 1. The predicted octanol–water partition coefficient (Wildman–Crippen LogP) is 1.72. The van der Waals surface area contributed by atoms with E-state index in [9.17, 15) is 9.59 Å². The molecule has 6 heteroatoms. The molecule has 5 aliphatic carbocycles. The molecular weight excluding hydrogens is 318 g/mol. The van der Waals surface area contributed by atoms with Crippen molar-refractivity contribution in [3.63, 3.8) is 0 Å². The minimum absolute atomic E-state index is 0.00126. The molecule has 0 aromatic carbocycles. The molecule has 0 unspecified atom stereocenters. The fourth-order valence-electron chi connectivity index (χ4n) is 6.28. The van der Waals surface area contributed by atoms with E-state index in [-0.39, 0.29) is 18.1 Å². The lowest BCUT2D eigenvalue weighted by atomic mass is 9.53. The smallest absolute Gasteiger partial charge is 0.348 e. The molecule has 4 fully saturated rings. The van der Waals surface area contributed by atoms with Gasteiger partial charge in [0.1, 0.15) is 0 Å². The Hall–Kier alpha value is -1.85. The van der Waals surface area contributed by atoms with Gasteiger partial charge in [-0.2, -0.15) is 4.98 Å². The zero-order valence-corrected chi connectivity index (χ0v) is 14.5. The monoisotopic (exact) mass is 343 g/mol. The number of hydrogen-bond acceptors (Lipinski definition) is 4. The third kappa shape index (κ3) is 2.75. The highest BCUT2D eigenvalue weighted by molar-refractivity contribution is 5.78. The molecule has 0 atom stereocenters. The largest absolute Gasteiger partial charge is 0.467 e. The van der Waals surface area contributed by atoms with Crippen LogP contribution in [0.5, 0.6) is 5.88 Å². The Morgan fingerprint density at radius 3 is 2.52 bits per heavy atom. The van der Waals surface area contributed by atoms with Crippen molar-refractivity contribution in [3.05, 3.63) is 21.7 Å². The maximum atomic E-state index is 12.5. The van der Waals surface area contributed by atoms with E-state index in [1.807, 2.05) is 0 Å². The first-order valence-corrected chi connectivity index (χ1v) is 9.64. The van der Waals surface area contributed by atoms with Gasteiger partial charge in [-0.3, -0.25) is 4.79 Å². The van der Waals surface area contributed by atoms with Crippen LogP contribution in [0, 0.1) is 17.8 Å². The Balaban J connectivity index is 1.26. The summed E-state index contributed by atoms with van der Waals surface area (Å²) in [6.45, 7) is -0.0509. The standard InChI is InChI=1S/C19H25N3O3/c23-16(10-25-17-14-2-1-3-15(14)20-18(24)21-17)22-19-7-11-4-12(8-19)6-13(5-11)9-19/h11-13H,1-10H2,(H,22,23)(H,20,21,24). The Labute approximate surface area is 146 Å². The number of H-pyrrole nitrogens is 1. The third-order valence-electron chi connectivity index (χ3n) is 6.72. The van der Waals surface area contributed by atoms with Crippen LogP contribution in [-0.2, 0) is 17.6 Å². The number of aryl methyl sites for hydroxylation is 1. The van der Waals surface area contributed by atoms with Gasteiger partial charge in [0.25, 0.3) is 5.91 Å². The first-order chi connectivity index (χ1) is 12.1. The summed E-state index contributed by atoms with van der Waals surface area (Å²) in [6.07, 6.45) is 10.1. The first kappa shape index (κ1) is 15.4. The van der Waals surface area contributed by atoms with E-state index >= 15 is 0 Å². The quantitative estimate of drug-likeness (QED) is 0.872. The molecule has 6 rings (SSSR count). The fourth-order valence-corrected chi connectivity index (χ4v) is 6.28. The maximum absolute atomic E-state index is 12.5. The van der Waals surface area contributed by atoms with Crippen LogP contribution in [0.15, 0.2) is 4.79 Å². The van der Waals surface area contributed by atoms with Crippen LogP contribution in [-0.4, -0.2) is 28.0 Å². The summed E-state index contributed by atoms with van der Waals surface area (Å²) < 4.78 is 5.66. The van der Waals surface area contributed by atoms with E-state index in [1.54, 1.807) is 0 Å². The molecule has 0 radical (unpaired) electrons. The fraction of sp³-hybridized carbons (Fsp3) is 0.737. The molecule has 1 heterocycles. The van der Waals surface area contributed by atoms with Crippen molar-refractivity contribution >= 4 is 5.91 Å². The van der Waals surface area contributed by atoms with Gasteiger partial charge in [0.05, 0.1) is 0 Å². The summed E-state index contributed by atoms with van der Waals surface area (Å²) in [5.74, 6) is 2.66. The molecule has 1 aromatic heterocycles. The highest BCUT2D eigenvalue weighted by Crippen LogP contribution is 2.55. The molecular formula is C19H25N3O3. The van der Waals surface area contributed by atoms with Crippen molar-refractivity contribution in [1.29, 1.82) is 0 Å². The molecule has 0 saturated heterocycles. The van der Waals surface area contributed by atoms with Gasteiger partial charge >= 0.3 is 5.69 Å². The Bertz CT molecular complexity index is 734. The molecule has 0 aliphatic heterocycles. The van der Waals surface area contributed by atoms with Crippen molar-refractivity contribution in [2.75, 3.05) is 6.61 Å². The van der Waals surface area contributed by atoms with Gasteiger partial charge in [-0.15, -0.1) is 0 Å². The van der Waals surface area contributed by atoms with E-state index in [0.717, 1.165) is 67.5 Å². The number of fused-ring (bicyclic) bond motifs is 1. The Morgan fingerprint density at radius 2 is 1.84 bits per heavy atom. The number of aromatic amines is 1. The molecule has 1 aromatic rings. The van der Waals surface area contributed by atoms with Gasteiger partial charge in [0.2, 0.25) is 5.88 Å². The summed E-state index contributed by atoms with van der Waals surface area (Å²) in [5, 5.41) is 3.30. The number of rotatable bonds is 4. The normalized spacial score (nSPS) is 34.8. The minimum Gasteiger partial charge on any atom is -0.467 e. The Kier molecular flexibility index (Phi) is 3.44. The highest BCUT2D eigenvalue weighted by Gasteiger charge is 2.51. The average molecular weight is 343 g/mol. The molecule has 1 amide bonds. The van der Waals surface area contributed by atoms with Gasteiger partial charge in [0.15, 0.2) is 6.61 Å². The SMILES string of the molecule is O=C(COc1nc(=O)[nH]c2c1CCC2)NC12CC3CC(CC(C3)C1)C2. The molecule has 5 aliphatic rings. The van der Waals surface area contributed by atoms with Gasteiger partial charge in [-0.05, 0) is 75.5 Å². The summed E-state index contributed by atoms with van der Waals surface area (Å²) >= 11 is 0. The van der Waals surface area contributed by atoms with Crippen molar-refractivity contribution in [1.82, 2.24) is 15.3 Å². The van der Waals surface area contributed by atoms with E-state index in [4.69, 9.17) is 4.74 Å². The summed E-state index contributed by atoms with van der Waals surface area (Å²) in [4.78, 5) is 30.9. The zero-order valence-electron chi connectivity index (χ0n) is 14.5. The van der Waals surface area contributed by atoms with E-state index in [2.05, 4.69) is 15.3 Å². The average Bonchev–Trinajstić information content (AvgIpc) is 2.99. The van der Waals surface area contributed by atoms with Crippen molar-refractivity contribution in [3.8, 4) is 5.88 Å². The lowest BCUT2D eigenvalue weighted by Crippen LogP contribution is -2.60. The van der Waals surface area contributed by atoms with Crippen molar-refractivity contribution in [2.24, 2.45) is 17.8 Å². The van der Waals surface area contributed by atoms with Gasteiger partial charge in [-0.1, -0.05) is 0 Å². The second-order valence-electron chi connectivity index (χ2n) is 8.69. The highest BCUT2D eigenvalue weighted by atomic mass is 16.5. The minimum atomic E-state index is -0.392. The molecule has 4 bridgehead atoms. The van der Waals surface area contributed by atoms with Crippen LogP contribution >= 0.6 is 0 Å². The number of nitrogens with one attached hydrogen (secondary N) is 2. The topological polar surface area (TPSA) is 84.1 Å². The zero-order chi connectivity index (χ0) is 17.0. The molecule has 134 valence electrons. The van der Waals surface area contributed by atoms with E-state index in [1.165, 1.54) is 19.3 Å². The number of carbonyl (C=O) groups is 1. The van der Waals surface area contributed by atoms with E-state index < -0.39 is 5.69 Å². The number of carbonyl (C=O) groups excluding carboxylic acids is 1. The van der Waals surface area contributed by atoms with Crippen LogP contribution in [0.1, 0.15) is 56.2 Å². The van der Waals surface area contributed by atoms with E-state index in [0.29, 0.717) is 5.88 Å². The second-order valence-corrected chi connectivity index (χ2v) is 8.69. The lowest BCUT2D eigenvalue weighted by Gasteiger charge is -2.56. The summed E-state index contributed by atoms with van der Waals surface area (Å²) in [6, 6.07) is 0. The molecule has 25 heavy (non-hydrogen) atoms. The number of aromatic nitrogens is 2. The van der Waals surface area contributed by atoms with Gasteiger partial charge in [-0.25, -0.2) is 4.79 Å². The second kappa shape index (κ2) is 5.58. The molecule has 2 N–H and O–H groups in total. The lowest BCUT2D eigenvalue weighted by molar-refractivity contribution is -0.128. The number of nitrogens with zero attached hydrogens (tertiary/aromatic N) is 1. The Morgan fingerprint density at radius 1 is 1.16 bits per heavy atom. The van der Waals surface area contributed by atoms with Crippen LogP contribution in [0.2, 0.25) is 0 Å². The van der Waals surface area contributed by atoms with Gasteiger partial charge in [0, 0.05) is 16.8 Å². The van der Waals surface area contributed by atoms with Crippen molar-refractivity contribution < 1.29 is 9.53 Å². The van der Waals surface area contributed by atoms with Crippen LogP contribution in [0.4, 0.5) is 0 Å². The first-order valence-electron chi connectivity index (χ1n) is 9.64. The number of amides is 1.